The van der Waals surface area contributed by atoms with E-state index < -0.39 is 4.92 Å². The SMILES string of the molecule is Cc1nn(CCCNC(=O)c2ccc(Cn3nc(C)c([N+](=O)[O-])c3C)cc2)c(C)c1Cl. The van der Waals surface area contributed by atoms with E-state index in [1.54, 1.807) is 30.7 Å². The zero-order valence-corrected chi connectivity index (χ0v) is 18.7. The van der Waals surface area contributed by atoms with E-state index in [2.05, 4.69) is 15.5 Å². The van der Waals surface area contributed by atoms with Gasteiger partial charge in [-0.25, -0.2) is 0 Å². The fourth-order valence-electron chi connectivity index (χ4n) is 3.47. The predicted octanol–water partition coefficient (Wildman–Crippen LogP) is 3.74. The van der Waals surface area contributed by atoms with Crippen molar-refractivity contribution in [3.05, 3.63) is 73.3 Å². The van der Waals surface area contributed by atoms with Gasteiger partial charge in [-0.05, 0) is 51.8 Å². The molecule has 0 aliphatic heterocycles. The summed E-state index contributed by atoms with van der Waals surface area (Å²) in [5.74, 6) is -0.153. The number of rotatable bonds is 8. The number of hydrogen-bond donors (Lipinski definition) is 1. The minimum absolute atomic E-state index is 0.0405. The lowest BCUT2D eigenvalue weighted by Gasteiger charge is -2.08. The standard InChI is InChI=1S/C21H25ClN6O3/c1-13-19(22)15(3)26(24-13)11-5-10-23-21(29)18-8-6-17(7-9-18)12-27-16(4)20(28(30)31)14(2)25-27/h6-9H,5,10-12H2,1-4H3,(H,23,29). The topological polar surface area (TPSA) is 108 Å². The second-order valence-electron chi connectivity index (χ2n) is 7.45. The zero-order chi connectivity index (χ0) is 22.7. The van der Waals surface area contributed by atoms with Gasteiger partial charge >= 0.3 is 5.69 Å². The Morgan fingerprint density at radius 3 is 2.26 bits per heavy atom. The van der Waals surface area contributed by atoms with Gasteiger partial charge in [-0.2, -0.15) is 10.2 Å². The van der Waals surface area contributed by atoms with Crippen LogP contribution in [0.5, 0.6) is 0 Å². The van der Waals surface area contributed by atoms with Crippen LogP contribution in [0.15, 0.2) is 24.3 Å². The molecular formula is C21H25ClN6O3. The smallest absolute Gasteiger partial charge is 0.312 e. The number of nitrogens with one attached hydrogen (secondary N) is 1. The Kier molecular flexibility index (Phi) is 6.74. The molecule has 0 saturated heterocycles. The minimum Gasteiger partial charge on any atom is -0.352 e. The molecule has 2 aromatic heterocycles. The summed E-state index contributed by atoms with van der Waals surface area (Å²) < 4.78 is 3.45. The van der Waals surface area contributed by atoms with Gasteiger partial charge < -0.3 is 5.32 Å². The highest BCUT2D eigenvalue weighted by atomic mass is 35.5. The monoisotopic (exact) mass is 444 g/mol. The number of nitro groups is 1. The summed E-state index contributed by atoms with van der Waals surface area (Å²) in [6, 6.07) is 7.14. The summed E-state index contributed by atoms with van der Waals surface area (Å²) in [5.41, 5.74) is 4.12. The zero-order valence-electron chi connectivity index (χ0n) is 18.0. The van der Waals surface area contributed by atoms with Gasteiger partial charge in [0.05, 0.1) is 27.9 Å². The highest BCUT2D eigenvalue weighted by Gasteiger charge is 2.21. The number of amides is 1. The maximum absolute atomic E-state index is 12.4. The summed E-state index contributed by atoms with van der Waals surface area (Å²) in [6.45, 7) is 8.69. The van der Waals surface area contributed by atoms with Crippen molar-refractivity contribution in [3.63, 3.8) is 0 Å². The van der Waals surface area contributed by atoms with E-state index in [9.17, 15) is 14.9 Å². The second kappa shape index (κ2) is 9.30. The van der Waals surface area contributed by atoms with Crippen LogP contribution < -0.4 is 5.32 Å². The first kappa shape index (κ1) is 22.5. The maximum atomic E-state index is 12.4. The van der Waals surface area contributed by atoms with Crippen molar-refractivity contribution in [1.29, 1.82) is 0 Å². The van der Waals surface area contributed by atoms with Crippen LogP contribution in [-0.2, 0) is 13.1 Å². The van der Waals surface area contributed by atoms with Crippen molar-refractivity contribution in [2.45, 2.75) is 47.2 Å². The predicted molar refractivity (Wildman–Crippen MR) is 118 cm³/mol. The molecule has 3 rings (SSSR count). The largest absolute Gasteiger partial charge is 0.352 e. The lowest BCUT2D eigenvalue weighted by atomic mass is 10.1. The summed E-state index contributed by atoms with van der Waals surface area (Å²) in [5, 5.41) is 23.4. The van der Waals surface area contributed by atoms with Gasteiger partial charge in [0.15, 0.2) is 0 Å². The molecule has 0 bridgehead atoms. The van der Waals surface area contributed by atoms with Crippen LogP contribution in [0.1, 0.15) is 45.1 Å². The summed E-state index contributed by atoms with van der Waals surface area (Å²) >= 11 is 6.15. The van der Waals surface area contributed by atoms with E-state index in [1.165, 1.54) is 0 Å². The van der Waals surface area contributed by atoms with E-state index in [4.69, 9.17) is 11.6 Å². The fraction of sp³-hybridized carbons (Fsp3) is 0.381. The molecule has 0 radical (unpaired) electrons. The highest BCUT2D eigenvalue weighted by Crippen LogP contribution is 2.22. The summed E-state index contributed by atoms with van der Waals surface area (Å²) in [4.78, 5) is 23.1. The molecule has 9 nitrogen and oxygen atoms in total. The third-order valence-electron chi connectivity index (χ3n) is 5.20. The molecule has 1 amide bonds. The van der Waals surface area contributed by atoms with Crippen LogP contribution >= 0.6 is 11.6 Å². The van der Waals surface area contributed by atoms with Gasteiger partial charge in [0.25, 0.3) is 5.91 Å². The molecule has 2 heterocycles. The summed E-state index contributed by atoms with van der Waals surface area (Å²) in [7, 11) is 0. The molecule has 3 aromatic rings. The Morgan fingerprint density at radius 2 is 1.71 bits per heavy atom. The second-order valence-corrected chi connectivity index (χ2v) is 7.83. The van der Waals surface area contributed by atoms with Gasteiger partial charge in [-0.3, -0.25) is 24.3 Å². The lowest BCUT2D eigenvalue weighted by Crippen LogP contribution is -2.25. The molecule has 0 saturated carbocycles. The molecule has 0 unspecified atom stereocenters. The Hall–Kier alpha value is -3.20. The molecule has 0 fully saturated rings. The van der Waals surface area contributed by atoms with Crippen LogP contribution in [0.4, 0.5) is 5.69 Å². The highest BCUT2D eigenvalue weighted by molar-refractivity contribution is 6.31. The Bertz CT molecular complexity index is 1120. The molecule has 0 spiro atoms. The maximum Gasteiger partial charge on any atom is 0.312 e. The van der Waals surface area contributed by atoms with Crippen LogP contribution in [0, 0.1) is 37.8 Å². The van der Waals surface area contributed by atoms with Crippen molar-refractivity contribution >= 4 is 23.2 Å². The van der Waals surface area contributed by atoms with E-state index >= 15 is 0 Å². The molecule has 31 heavy (non-hydrogen) atoms. The van der Waals surface area contributed by atoms with Crippen LogP contribution in [-0.4, -0.2) is 36.9 Å². The van der Waals surface area contributed by atoms with Crippen molar-refractivity contribution in [3.8, 4) is 0 Å². The number of halogens is 1. The third-order valence-corrected chi connectivity index (χ3v) is 5.75. The van der Waals surface area contributed by atoms with E-state index in [0.29, 0.717) is 41.6 Å². The number of nitrogens with zero attached hydrogens (tertiary/aromatic N) is 5. The lowest BCUT2D eigenvalue weighted by molar-refractivity contribution is -0.386. The number of hydrogen-bond acceptors (Lipinski definition) is 5. The first-order chi connectivity index (χ1) is 14.7. The molecule has 1 N–H and O–H groups in total. The first-order valence-electron chi connectivity index (χ1n) is 9.94. The van der Waals surface area contributed by atoms with Gasteiger partial charge in [0, 0.05) is 18.7 Å². The van der Waals surface area contributed by atoms with Gasteiger partial charge in [-0.15, -0.1) is 0 Å². The van der Waals surface area contributed by atoms with Gasteiger partial charge in [0.2, 0.25) is 0 Å². The minimum atomic E-state index is -0.412. The van der Waals surface area contributed by atoms with Crippen molar-refractivity contribution in [2.75, 3.05) is 6.54 Å². The van der Waals surface area contributed by atoms with Crippen molar-refractivity contribution < 1.29 is 9.72 Å². The van der Waals surface area contributed by atoms with E-state index in [-0.39, 0.29) is 11.6 Å². The third kappa shape index (κ3) is 4.93. The first-order valence-corrected chi connectivity index (χ1v) is 10.3. The molecule has 1 aromatic carbocycles. The Labute approximate surface area is 185 Å². The van der Waals surface area contributed by atoms with Crippen LogP contribution in [0.2, 0.25) is 5.02 Å². The van der Waals surface area contributed by atoms with Gasteiger partial charge in [-0.1, -0.05) is 23.7 Å². The van der Waals surface area contributed by atoms with Gasteiger partial charge in [0.1, 0.15) is 11.4 Å². The Balaban J connectivity index is 1.54. The number of aryl methyl sites for hydroxylation is 3. The normalized spacial score (nSPS) is 11.0. The molecular weight excluding hydrogens is 420 g/mol. The number of carbonyl (C=O) groups excluding carboxylic acids is 1. The van der Waals surface area contributed by atoms with E-state index in [0.717, 1.165) is 23.4 Å². The number of carbonyl (C=O) groups is 1. The average Bonchev–Trinajstić information content (AvgIpc) is 3.14. The van der Waals surface area contributed by atoms with Crippen LogP contribution in [0.3, 0.4) is 0 Å². The van der Waals surface area contributed by atoms with Crippen molar-refractivity contribution in [1.82, 2.24) is 24.9 Å². The number of benzene rings is 1. The molecule has 10 heteroatoms. The molecule has 0 atom stereocenters. The fourth-order valence-corrected chi connectivity index (χ4v) is 3.60. The quantitative estimate of drug-likeness (QED) is 0.323. The molecule has 164 valence electrons. The van der Waals surface area contributed by atoms with E-state index in [1.807, 2.05) is 30.7 Å². The molecule has 0 aliphatic carbocycles. The van der Waals surface area contributed by atoms with Crippen molar-refractivity contribution in [2.24, 2.45) is 0 Å². The summed E-state index contributed by atoms with van der Waals surface area (Å²) in [6.07, 6.45) is 0.735. The van der Waals surface area contributed by atoms with Crippen LogP contribution in [0.25, 0.3) is 0 Å². The number of aromatic nitrogens is 4. The molecule has 0 aliphatic rings. The average molecular weight is 445 g/mol. The Morgan fingerprint density at radius 1 is 1.06 bits per heavy atom.